The molecule has 1 aliphatic heterocycles. The molecule has 0 spiro atoms. The van der Waals surface area contributed by atoms with E-state index in [4.69, 9.17) is 4.74 Å². The summed E-state index contributed by atoms with van der Waals surface area (Å²) in [5.41, 5.74) is 1.76. The number of carbonyl (C=O) groups excluding carboxylic acids is 1. The van der Waals surface area contributed by atoms with Crippen molar-refractivity contribution in [1.29, 1.82) is 0 Å². The highest BCUT2D eigenvalue weighted by Gasteiger charge is 2.30. The Morgan fingerprint density at radius 2 is 2.00 bits per heavy atom. The molecule has 0 bridgehead atoms. The van der Waals surface area contributed by atoms with Crippen LogP contribution in [-0.2, 0) is 18.8 Å². The van der Waals surface area contributed by atoms with Crippen molar-refractivity contribution < 1.29 is 9.53 Å². The van der Waals surface area contributed by atoms with Crippen molar-refractivity contribution in [1.82, 2.24) is 19.4 Å². The quantitative estimate of drug-likeness (QED) is 0.785. The van der Waals surface area contributed by atoms with Gasteiger partial charge < -0.3 is 19.2 Å². The molecule has 1 amide bonds. The van der Waals surface area contributed by atoms with Crippen molar-refractivity contribution in [2.45, 2.75) is 18.9 Å². The maximum Gasteiger partial charge on any atom is 0.254 e. The Morgan fingerprint density at radius 3 is 2.73 bits per heavy atom. The Morgan fingerprint density at radius 1 is 1.23 bits per heavy atom. The Bertz CT molecular complexity index is 921. The molecule has 1 aromatic carbocycles. The summed E-state index contributed by atoms with van der Waals surface area (Å²) in [6.45, 7) is 1.46. The van der Waals surface area contributed by atoms with Crippen molar-refractivity contribution in [3.8, 4) is 0 Å². The standard InChI is InChI=1S/C20H24N4O2/c1-23-10-9-21-19(23)18(14-7-11-26-12-8-14)22-20(25)16-13-24(2)17-6-4-3-5-15(16)17/h3-6,9-10,13-14,18H,7-8,11-12H2,1-2H3,(H,22,25). The zero-order valence-electron chi connectivity index (χ0n) is 15.2. The van der Waals surface area contributed by atoms with Crippen LogP contribution in [0.15, 0.2) is 42.9 Å². The number of hydrogen-bond acceptors (Lipinski definition) is 3. The molecule has 3 heterocycles. The number of carbonyl (C=O) groups is 1. The van der Waals surface area contributed by atoms with Crippen LogP contribution < -0.4 is 5.32 Å². The highest BCUT2D eigenvalue weighted by molar-refractivity contribution is 6.07. The number of amides is 1. The van der Waals surface area contributed by atoms with Gasteiger partial charge in [-0.3, -0.25) is 4.79 Å². The predicted molar refractivity (Wildman–Crippen MR) is 99.9 cm³/mol. The highest BCUT2D eigenvalue weighted by Crippen LogP contribution is 2.30. The maximum atomic E-state index is 13.1. The van der Waals surface area contributed by atoms with Crippen molar-refractivity contribution in [3.05, 3.63) is 54.2 Å². The lowest BCUT2D eigenvalue weighted by Gasteiger charge is -2.30. The molecule has 0 aliphatic carbocycles. The minimum absolute atomic E-state index is 0.0544. The second-order valence-corrected chi connectivity index (χ2v) is 6.97. The van der Waals surface area contributed by atoms with Gasteiger partial charge in [0, 0.05) is 56.8 Å². The fourth-order valence-electron chi connectivity index (χ4n) is 3.86. The molecule has 1 unspecified atom stereocenters. The van der Waals surface area contributed by atoms with Crippen LogP contribution in [0, 0.1) is 5.92 Å². The minimum Gasteiger partial charge on any atom is -0.381 e. The van der Waals surface area contributed by atoms with Gasteiger partial charge in [0.15, 0.2) is 0 Å². The van der Waals surface area contributed by atoms with Crippen LogP contribution in [0.4, 0.5) is 0 Å². The topological polar surface area (TPSA) is 61.1 Å². The van der Waals surface area contributed by atoms with E-state index < -0.39 is 0 Å². The summed E-state index contributed by atoms with van der Waals surface area (Å²) in [6, 6.07) is 7.86. The maximum absolute atomic E-state index is 13.1. The molecule has 1 fully saturated rings. The molecule has 6 nitrogen and oxygen atoms in total. The zero-order chi connectivity index (χ0) is 18.1. The van der Waals surface area contributed by atoms with E-state index in [1.165, 1.54) is 0 Å². The number of aromatic nitrogens is 3. The van der Waals surface area contributed by atoms with E-state index in [-0.39, 0.29) is 11.9 Å². The Balaban J connectivity index is 1.66. The van der Waals surface area contributed by atoms with Gasteiger partial charge in [0.1, 0.15) is 5.82 Å². The summed E-state index contributed by atoms with van der Waals surface area (Å²) >= 11 is 0. The molecule has 0 radical (unpaired) electrons. The van der Waals surface area contributed by atoms with Gasteiger partial charge in [-0.15, -0.1) is 0 Å². The number of imidazole rings is 1. The number of ether oxygens (including phenoxy) is 1. The number of nitrogens with one attached hydrogen (secondary N) is 1. The van der Waals surface area contributed by atoms with Crippen LogP contribution in [0.5, 0.6) is 0 Å². The first-order chi connectivity index (χ1) is 12.6. The van der Waals surface area contributed by atoms with Gasteiger partial charge in [-0.25, -0.2) is 4.98 Å². The average Bonchev–Trinajstić information content (AvgIpc) is 3.24. The zero-order valence-corrected chi connectivity index (χ0v) is 15.2. The average molecular weight is 352 g/mol. The number of nitrogens with zero attached hydrogens (tertiary/aromatic N) is 3. The summed E-state index contributed by atoms with van der Waals surface area (Å²) in [5, 5.41) is 4.23. The molecule has 0 saturated carbocycles. The lowest BCUT2D eigenvalue weighted by molar-refractivity contribution is 0.0499. The van der Waals surface area contributed by atoms with Gasteiger partial charge in [-0.05, 0) is 24.8 Å². The molecule has 1 saturated heterocycles. The van der Waals surface area contributed by atoms with E-state index in [0.717, 1.165) is 42.8 Å². The normalized spacial score (nSPS) is 16.7. The SMILES string of the molecule is Cn1ccnc1C(NC(=O)c1cn(C)c2ccccc12)C1CCOCC1. The fourth-order valence-corrected chi connectivity index (χ4v) is 3.86. The summed E-state index contributed by atoms with van der Waals surface area (Å²) in [7, 11) is 3.94. The van der Waals surface area contributed by atoms with Gasteiger partial charge in [0.2, 0.25) is 0 Å². The van der Waals surface area contributed by atoms with E-state index in [1.807, 2.05) is 59.9 Å². The van der Waals surface area contributed by atoms with Crippen LogP contribution in [0.2, 0.25) is 0 Å². The predicted octanol–water partition coefficient (Wildman–Crippen LogP) is 2.81. The first-order valence-electron chi connectivity index (χ1n) is 9.05. The van der Waals surface area contributed by atoms with Crippen molar-refractivity contribution in [2.24, 2.45) is 20.0 Å². The Labute approximate surface area is 152 Å². The summed E-state index contributed by atoms with van der Waals surface area (Å²) < 4.78 is 9.49. The summed E-state index contributed by atoms with van der Waals surface area (Å²) in [4.78, 5) is 17.6. The van der Waals surface area contributed by atoms with Gasteiger partial charge in [-0.1, -0.05) is 18.2 Å². The molecule has 26 heavy (non-hydrogen) atoms. The number of benzene rings is 1. The molecule has 1 N–H and O–H groups in total. The van der Waals surface area contributed by atoms with E-state index in [0.29, 0.717) is 11.5 Å². The number of fused-ring (bicyclic) bond motifs is 1. The molecule has 1 atom stereocenters. The fraction of sp³-hybridized carbons (Fsp3) is 0.400. The summed E-state index contributed by atoms with van der Waals surface area (Å²) in [6.07, 6.45) is 7.46. The lowest BCUT2D eigenvalue weighted by Crippen LogP contribution is -2.37. The van der Waals surface area contributed by atoms with Gasteiger partial charge in [0.05, 0.1) is 11.6 Å². The van der Waals surface area contributed by atoms with E-state index in [9.17, 15) is 4.79 Å². The number of hydrogen-bond donors (Lipinski definition) is 1. The lowest BCUT2D eigenvalue weighted by atomic mass is 9.90. The molecule has 136 valence electrons. The van der Waals surface area contributed by atoms with E-state index in [2.05, 4.69) is 10.3 Å². The Kier molecular flexibility index (Phi) is 4.51. The van der Waals surface area contributed by atoms with Crippen LogP contribution in [0.3, 0.4) is 0 Å². The molecule has 3 aromatic rings. The van der Waals surface area contributed by atoms with Gasteiger partial charge in [-0.2, -0.15) is 0 Å². The number of para-hydroxylation sites is 1. The van der Waals surface area contributed by atoms with Crippen molar-refractivity contribution in [3.63, 3.8) is 0 Å². The van der Waals surface area contributed by atoms with Crippen molar-refractivity contribution in [2.75, 3.05) is 13.2 Å². The largest absolute Gasteiger partial charge is 0.381 e. The second-order valence-electron chi connectivity index (χ2n) is 6.97. The highest BCUT2D eigenvalue weighted by atomic mass is 16.5. The summed E-state index contributed by atoms with van der Waals surface area (Å²) in [5.74, 6) is 1.16. The van der Waals surface area contributed by atoms with Crippen LogP contribution >= 0.6 is 0 Å². The second kappa shape index (κ2) is 6.96. The Hall–Kier alpha value is -2.60. The van der Waals surface area contributed by atoms with Crippen molar-refractivity contribution >= 4 is 16.8 Å². The number of rotatable bonds is 4. The first-order valence-corrected chi connectivity index (χ1v) is 9.05. The van der Waals surface area contributed by atoms with Gasteiger partial charge >= 0.3 is 0 Å². The third-order valence-electron chi connectivity index (χ3n) is 5.30. The molecular weight excluding hydrogens is 328 g/mol. The van der Waals surface area contributed by atoms with E-state index >= 15 is 0 Å². The molecule has 6 heteroatoms. The van der Waals surface area contributed by atoms with Crippen LogP contribution in [-0.4, -0.2) is 33.2 Å². The van der Waals surface area contributed by atoms with Crippen LogP contribution in [0.25, 0.3) is 10.9 Å². The smallest absolute Gasteiger partial charge is 0.254 e. The third-order valence-corrected chi connectivity index (χ3v) is 5.30. The van der Waals surface area contributed by atoms with Gasteiger partial charge in [0.25, 0.3) is 5.91 Å². The molecule has 2 aromatic heterocycles. The van der Waals surface area contributed by atoms with Crippen LogP contribution in [0.1, 0.15) is 35.1 Å². The molecular formula is C20H24N4O2. The first kappa shape index (κ1) is 16.8. The molecule has 4 rings (SSSR count). The number of aryl methyl sites for hydroxylation is 2. The minimum atomic E-state index is -0.120. The monoisotopic (exact) mass is 352 g/mol. The molecule has 1 aliphatic rings. The third kappa shape index (κ3) is 3.01. The van der Waals surface area contributed by atoms with E-state index in [1.54, 1.807) is 6.20 Å².